The van der Waals surface area contributed by atoms with Crippen LogP contribution >= 0.6 is 0 Å². The van der Waals surface area contributed by atoms with Gasteiger partial charge < -0.3 is 9.47 Å². The Morgan fingerprint density at radius 3 is 2.75 bits per heavy atom. The minimum Gasteiger partial charge on any atom is -0.429 e. The Morgan fingerprint density at radius 2 is 2.08 bits per heavy atom. The van der Waals surface area contributed by atoms with Crippen LogP contribution in [-0.4, -0.2) is 19.4 Å². The van der Waals surface area contributed by atoms with E-state index < -0.39 is 6.29 Å². The lowest BCUT2D eigenvalue weighted by molar-refractivity contribution is -0.155. The van der Waals surface area contributed by atoms with Gasteiger partial charge in [-0.1, -0.05) is 39.3 Å². The van der Waals surface area contributed by atoms with Crippen molar-refractivity contribution in [2.24, 2.45) is 22.7 Å². The standard InChI is InChI=1S/C21H32O3/c1-14-7-10-17-20(2,3)11-6-12-21(17,4)16(14)9-8-15-13-18(23-5)24-19(15)22/h13,16-18H,1,6-12H2,2-5H3. The third kappa shape index (κ3) is 2.96. The van der Waals surface area contributed by atoms with Gasteiger partial charge in [0, 0.05) is 12.7 Å². The first kappa shape index (κ1) is 17.7. The van der Waals surface area contributed by atoms with Crippen molar-refractivity contribution in [2.45, 2.75) is 72.0 Å². The van der Waals surface area contributed by atoms with Crippen LogP contribution in [-0.2, 0) is 14.3 Å². The number of esters is 1. The number of ether oxygens (including phenoxy) is 2. The summed E-state index contributed by atoms with van der Waals surface area (Å²) in [5.41, 5.74) is 2.90. The first-order valence-electron chi connectivity index (χ1n) is 9.40. The van der Waals surface area contributed by atoms with Gasteiger partial charge in [0.15, 0.2) is 0 Å². The lowest BCUT2D eigenvalue weighted by Gasteiger charge is -2.58. The summed E-state index contributed by atoms with van der Waals surface area (Å²) < 4.78 is 10.3. The Morgan fingerprint density at radius 1 is 1.33 bits per heavy atom. The summed E-state index contributed by atoms with van der Waals surface area (Å²) in [5, 5.41) is 0. The SMILES string of the molecule is C=C1CCC2C(C)(C)CCCC2(C)C1CCC1=CC(OC)OC1=O. The summed E-state index contributed by atoms with van der Waals surface area (Å²) in [4.78, 5) is 12.0. The summed E-state index contributed by atoms with van der Waals surface area (Å²) in [6, 6.07) is 0. The highest BCUT2D eigenvalue weighted by Gasteiger charge is 2.52. The summed E-state index contributed by atoms with van der Waals surface area (Å²) in [6.07, 6.45) is 9.44. The van der Waals surface area contributed by atoms with E-state index in [0.29, 0.717) is 16.7 Å². The predicted octanol–water partition coefficient (Wildman–Crippen LogP) is 5.02. The van der Waals surface area contributed by atoms with Crippen molar-refractivity contribution in [3.63, 3.8) is 0 Å². The Kier molecular flexibility index (Phi) is 4.67. The van der Waals surface area contributed by atoms with Crippen LogP contribution in [0, 0.1) is 22.7 Å². The van der Waals surface area contributed by atoms with Gasteiger partial charge in [-0.25, -0.2) is 4.79 Å². The third-order valence-corrected chi connectivity index (χ3v) is 7.08. The normalized spacial score (nSPS) is 38.5. The highest BCUT2D eigenvalue weighted by atomic mass is 16.7. The average Bonchev–Trinajstić information content (AvgIpc) is 2.86. The van der Waals surface area contributed by atoms with E-state index in [1.54, 1.807) is 7.11 Å². The van der Waals surface area contributed by atoms with E-state index in [2.05, 4.69) is 27.4 Å². The molecular weight excluding hydrogens is 300 g/mol. The molecule has 0 aromatic rings. The van der Waals surface area contributed by atoms with Gasteiger partial charge in [-0.2, -0.15) is 0 Å². The van der Waals surface area contributed by atoms with Crippen LogP contribution in [0.25, 0.3) is 0 Å². The molecule has 0 amide bonds. The Bertz CT molecular complexity index is 559. The van der Waals surface area contributed by atoms with Crippen molar-refractivity contribution < 1.29 is 14.3 Å². The van der Waals surface area contributed by atoms with Crippen LogP contribution in [0.3, 0.4) is 0 Å². The molecule has 3 aliphatic rings. The van der Waals surface area contributed by atoms with Crippen LogP contribution < -0.4 is 0 Å². The molecule has 3 nitrogen and oxygen atoms in total. The lowest BCUT2D eigenvalue weighted by atomic mass is 9.47. The number of methoxy groups -OCH3 is 1. The van der Waals surface area contributed by atoms with Crippen molar-refractivity contribution in [3.05, 3.63) is 23.8 Å². The number of allylic oxidation sites excluding steroid dienone is 1. The fourth-order valence-electron chi connectivity index (χ4n) is 5.86. The molecule has 3 heteroatoms. The molecule has 0 N–H and O–H groups in total. The molecule has 1 heterocycles. The van der Waals surface area contributed by atoms with Crippen molar-refractivity contribution in [2.75, 3.05) is 7.11 Å². The number of cyclic esters (lactones) is 1. The molecule has 0 spiro atoms. The van der Waals surface area contributed by atoms with Crippen LogP contribution in [0.2, 0.25) is 0 Å². The van der Waals surface area contributed by atoms with Gasteiger partial charge in [0.1, 0.15) is 0 Å². The largest absolute Gasteiger partial charge is 0.429 e. The summed E-state index contributed by atoms with van der Waals surface area (Å²) in [6.45, 7) is 11.8. The van der Waals surface area contributed by atoms with Gasteiger partial charge >= 0.3 is 5.97 Å². The van der Waals surface area contributed by atoms with Gasteiger partial charge in [-0.3, -0.25) is 0 Å². The summed E-state index contributed by atoms with van der Waals surface area (Å²) in [5.74, 6) is 1.05. The van der Waals surface area contributed by atoms with Gasteiger partial charge in [0.25, 0.3) is 0 Å². The zero-order valence-corrected chi connectivity index (χ0v) is 15.7. The van der Waals surface area contributed by atoms with Gasteiger partial charge in [-0.15, -0.1) is 0 Å². The van der Waals surface area contributed by atoms with E-state index in [9.17, 15) is 4.79 Å². The topological polar surface area (TPSA) is 35.5 Å². The van der Waals surface area contributed by atoms with Crippen LogP contribution in [0.5, 0.6) is 0 Å². The van der Waals surface area contributed by atoms with Crippen LogP contribution in [0.15, 0.2) is 23.8 Å². The molecule has 0 radical (unpaired) electrons. The number of hydrogen-bond acceptors (Lipinski definition) is 3. The molecule has 134 valence electrons. The number of rotatable bonds is 4. The highest BCUT2D eigenvalue weighted by Crippen LogP contribution is 2.61. The minimum atomic E-state index is -0.501. The molecule has 24 heavy (non-hydrogen) atoms. The second-order valence-corrected chi connectivity index (χ2v) is 8.89. The summed E-state index contributed by atoms with van der Waals surface area (Å²) >= 11 is 0. The van der Waals surface area contributed by atoms with Crippen molar-refractivity contribution >= 4 is 5.97 Å². The molecule has 4 atom stereocenters. The Hall–Kier alpha value is -1.09. The molecule has 0 aromatic heterocycles. The molecule has 2 saturated carbocycles. The van der Waals surface area contributed by atoms with E-state index in [-0.39, 0.29) is 5.97 Å². The molecule has 3 rings (SSSR count). The molecule has 0 aromatic carbocycles. The monoisotopic (exact) mass is 332 g/mol. The second kappa shape index (κ2) is 6.33. The van der Waals surface area contributed by atoms with Gasteiger partial charge in [0.2, 0.25) is 6.29 Å². The van der Waals surface area contributed by atoms with Gasteiger partial charge in [0.05, 0.1) is 0 Å². The number of carbonyl (C=O) groups is 1. The Labute approximate surface area is 146 Å². The van der Waals surface area contributed by atoms with E-state index in [1.807, 2.05) is 6.08 Å². The van der Waals surface area contributed by atoms with E-state index in [4.69, 9.17) is 9.47 Å². The highest BCUT2D eigenvalue weighted by molar-refractivity contribution is 5.90. The van der Waals surface area contributed by atoms with E-state index in [1.165, 1.54) is 31.3 Å². The maximum atomic E-state index is 12.0. The first-order valence-corrected chi connectivity index (χ1v) is 9.40. The predicted molar refractivity (Wildman–Crippen MR) is 95.3 cm³/mol. The number of hydrogen-bond donors (Lipinski definition) is 0. The van der Waals surface area contributed by atoms with E-state index in [0.717, 1.165) is 30.8 Å². The molecule has 1 aliphatic heterocycles. The van der Waals surface area contributed by atoms with Crippen molar-refractivity contribution in [3.8, 4) is 0 Å². The zero-order valence-electron chi connectivity index (χ0n) is 15.7. The zero-order chi connectivity index (χ0) is 17.5. The van der Waals surface area contributed by atoms with Crippen LogP contribution in [0.1, 0.15) is 65.7 Å². The Balaban J connectivity index is 1.76. The molecular formula is C21H32O3. The molecule has 0 saturated heterocycles. The summed E-state index contributed by atoms with van der Waals surface area (Å²) in [7, 11) is 1.57. The van der Waals surface area contributed by atoms with Gasteiger partial charge in [-0.05, 0) is 67.3 Å². The fourth-order valence-corrected chi connectivity index (χ4v) is 5.86. The van der Waals surface area contributed by atoms with Crippen LogP contribution in [0.4, 0.5) is 0 Å². The fraction of sp³-hybridized carbons (Fsp3) is 0.762. The van der Waals surface area contributed by atoms with Crippen molar-refractivity contribution in [1.82, 2.24) is 0 Å². The minimum absolute atomic E-state index is 0.214. The maximum absolute atomic E-state index is 12.0. The molecule has 2 aliphatic carbocycles. The average molecular weight is 332 g/mol. The lowest BCUT2D eigenvalue weighted by Crippen LogP contribution is -2.49. The molecule has 4 unspecified atom stereocenters. The van der Waals surface area contributed by atoms with E-state index >= 15 is 0 Å². The second-order valence-electron chi connectivity index (χ2n) is 8.89. The first-order chi connectivity index (χ1) is 11.3. The van der Waals surface area contributed by atoms with Crippen molar-refractivity contribution in [1.29, 1.82) is 0 Å². The number of carbonyl (C=O) groups excluding carboxylic acids is 1. The smallest absolute Gasteiger partial charge is 0.336 e. The maximum Gasteiger partial charge on any atom is 0.336 e. The number of fused-ring (bicyclic) bond motifs is 1. The molecule has 2 fully saturated rings. The molecule has 0 bridgehead atoms. The third-order valence-electron chi connectivity index (χ3n) is 7.08. The quantitative estimate of drug-likeness (QED) is 0.535.